The van der Waals surface area contributed by atoms with E-state index in [0.717, 1.165) is 23.7 Å². The summed E-state index contributed by atoms with van der Waals surface area (Å²) < 4.78 is 6.21. The second-order valence-corrected chi connectivity index (χ2v) is 7.51. The van der Waals surface area contributed by atoms with Gasteiger partial charge in [-0.2, -0.15) is 0 Å². The molecule has 1 aliphatic carbocycles. The number of carbonyl (C=O) groups is 2. The van der Waals surface area contributed by atoms with Crippen molar-refractivity contribution >= 4 is 44.8 Å². The summed E-state index contributed by atoms with van der Waals surface area (Å²) in [5, 5.41) is 2.73. The van der Waals surface area contributed by atoms with Crippen LogP contribution in [-0.4, -0.2) is 18.0 Å². The topological polar surface area (TPSA) is 55.4 Å². The van der Waals surface area contributed by atoms with Crippen LogP contribution in [0.5, 0.6) is 0 Å². The highest BCUT2D eigenvalue weighted by atomic mass is 79.9. The van der Waals surface area contributed by atoms with Crippen molar-refractivity contribution in [3.8, 4) is 0 Å². The molecule has 3 rings (SSSR count). The normalized spacial score (nSPS) is 14.2. The maximum Gasteiger partial charge on any atom is 0.349 e. The van der Waals surface area contributed by atoms with Crippen molar-refractivity contribution < 1.29 is 14.3 Å². The van der Waals surface area contributed by atoms with Crippen LogP contribution < -0.4 is 5.32 Å². The first-order valence-corrected chi connectivity index (χ1v) is 9.03. The lowest BCUT2D eigenvalue weighted by Gasteiger charge is -2.13. The number of aryl methyl sites for hydroxylation is 2. The third kappa shape index (κ3) is 3.82. The van der Waals surface area contributed by atoms with Gasteiger partial charge in [-0.3, -0.25) is 4.79 Å². The number of hydrogen-bond acceptors (Lipinski definition) is 4. The largest absolute Gasteiger partial charge is 0.448 e. The molecule has 0 unspecified atom stereocenters. The standard InChI is InChI=1S/C17H16BrNO3S/c1-10(16(20)19-13-7-5-12(18)6-8-13)22-17(21)15-9-11-3-2-4-14(11)23-15/h5-10H,2-4H2,1H3,(H,19,20)/t10-/m0/s1. The van der Waals surface area contributed by atoms with Crippen LogP contribution in [0, 0.1) is 0 Å². The highest BCUT2D eigenvalue weighted by molar-refractivity contribution is 9.10. The summed E-state index contributed by atoms with van der Waals surface area (Å²) in [7, 11) is 0. The van der Waals surface area contributed by atoms with E-state index in [4.69, 9.17) is 4.74 Å². The molecule has 0 radical (unpaired) electrons. The van der Waals surface area contributed by atoms with Crippen LogP contribution in [0.25, 0.3) is 0 Å². The molecule has 0 saturated heterocycles. The van der Waals surface area contributed by atoms with Crippen molar-refractivity contribution in [2.75, 3.05) is 5.32 Å². The molecule has 23 heavy (non-hydrogen) atoms. The van der Waals surface area contributed by atoms with Gasteiger partial charge >= 0.3 is 5.97 Å². The van der Waals surface area contributed by atoms with E-state index in [-0.39, 0.29) is 5.91 Å². The Morgan fingerprint density at radius 3 is 2.70 bits per heavy atom. The Kier molecular flexibility index (Phi) is 4.82. The van der Waals surface area contributed by atoms with Gasteiger partial charge in [0.05, 0.1) is 0 Å². The van der Waals surface area contributed by atoms with Crippen LogP contribution >= 0.6 is 27.3 Å². The number of nitrogens with one attached hydrogen (secondary N) is 1. The van der Waals surface area contributed by atoms with Gasteiger partial charge in [0.2, 0.25) is 0 Å². The third-order valence-corrected chi connectivity index (χ3v) is 5.46. The number of halogens is 1. The Morgan fingerprint density at radius 2 is 2.00 bits per heavy atom. The molecule has 1 aromatic heterocycles. The summed E-state index contributed by atoms with van der Waals surface area (Å²) in [4.78, 5) is 26.1. The molecule has 0 aliphatic heterocycles. The van der Waals surface area contributed by atoms with Gasteiger partial charge in [-0.15, -0.1) is 11.3 Å². The van der Waals surface area contributed by atoms with Crippen molar-refractivity contribution in [1.29, 1.82) is 0 Å². The number of carbonyl (C=O) groups excluding carboxylic acids is 2. The molecule has 2 aromatic rings. The lowest BCUT2D eigenvalue weighted by atomic mass is 10.2. The van der Waals surface area contributed by atoms with Crippen LogP contribution in [0.4, 0.5) is 5.69 Å². The predicted molar refractivity (Wildman–Crippen MR) is 94.0 cm³/mol. The van der Waals surface area contributed by atoms with Gasteiger partial charge in [0.1, 0.15) is 4.88 Å². The summed E-state index contributed by atoms with van der Waals surface area (Å²) in [5.74, 6) is -0.771. The molecule has 1 atom stereocenters. The molecule has 0 fully saturated rings. The van der Waals surface area contributed by atoms with Crippen molar-refractivity contribution in [2.45, 2.75) is 32.3 Å². The summed E-state index contributed by atoms with van der Waals surface area (Å²) in [5.41, 5.74) is 1.91. The fourth-order valence-electron chi connectivity index (χ4n) is 2.48. The molecule has 4 nitrogen and oxygen atoms in total. The Bertz CT molecular complexity index is 717. The Labute approximate surface area is 147 Å². The molecule has 1 N–H and O–H groups in total. The Balaban J connectivity index is 1.58. The Morgan fingerprint density at radius 1 is 1.26 bits per heavy atom. The Hall–Kier alpha value is -1.66. The van der Waals surface area contributed by atoms with Crippen molar-refractivity contribution in [3.63, 3.8) is 0 Å². The van der Waals surface area contributed by atoms with E-state index in [1.54, 1.807) is 19.1 Å². The van der Waals surface area contributed by atoms with Gasteiger partial charge < -0.3 is 10.1 Å². The van der Waals surface area contributed by atoms with Gasteiger partial charge in [-0.05, 0) is 62.1 Å². The van der Waals surface area contributed by atoms with Crippen LogP contribution in [0.3, 0.4) is 0 Å². The van der Waals surface area contributed by atoms with E-state index in [1.807, 2.05) is 18.2 Å². The smallest absolute Gasteiger partial charge is 0.349 e. The van der Waals surface area contributed by atoms with Crippen LogP contribution in [0.2, 0.25) is 0 Å². The number of benzene rings is 1. The number of thiophene rings is 1. The van der Waals surface area contributed by atoms with E-state index in [0.29, 0.717) is 10.6 Å². The van der Waals surface area contributed by atoms with E-state index in [2.05, 4.69) is 21.2 Å². The maximum atomic E-state index is 12.2. The van der Waals surface area contributed by atoms with E-state index >= 15 is 0 Å². The zero-order valence-corrected chi connectivity index (χ0v) is 15.0. The van der Waals surface area contributed by atoms with Crippen molar-refractivity contribution in [2.24, 2.45) is 0 Å². The van der Waals surface area contributed by atoms with Crippen LogP contribution in [0.1, 0.15) is 33.5 Å². The summed E-state index contributed by atoms with van der Waals surface area (Å²) >= 11 is 4.81. The molecule has 1 heterocycles. The van der Waals surface area contributed by atoms with Gasteiger partial charge in [0, 0.05) is 15.0 Å². The zero-order chi connectivity index (χ0) is 16.4. The van der Waals surface area contributed by atoms with Crippen LogP contribution in [0.15, 0.2) is 34.8 Å². The first-order valence-electron chi connectivity index (χ1n) is 7.42. The molecule has 0 saturated carbocycles. The molecule has 6 heteroatoms. The van der Waals surface area contributed by atoms with E-state index in [9.17, 15) is 9.59 Å². The van der Waals surface area contributed by atoms with E-state index < -0.39 is 12.1 Å². The average Bonchev–Trinajstić information content (AvgIpc) is 3.10. The SMILES string of the molecule is C[C@H](OC(=O)c1cc2c(s1)CCC2)C(=O)Nc1ccc(Br)cc1. The van der Waals surface area contributed by atoms with Crippen LogP contribution in [-0.2, 0) is 22.4 Å². The minimum atomic E-state index is -0.844. The summed E-state index contributed by atoms with van der Waals surface area (Å²) in [6.45, 7) is 1.58. The molecule has 1 aliphatic rings. The first-order chi connectivity index (χ1) is 11.0. The molecule has 120 valence electrons. The van der Waals surface area contributed by atoms with Crippen molar-refractivity contribution in [1.82, 2.24) is 0 Å². The summed E-state index contributed by atoms with van der Waals surface area (Å²) in [6.07, 6.45) is 2.37. The highest BCUT2D eigenvalue weighted by Crippen LogP contribution is 2.31. The van der Waals surface area contributed by atoms with Gasteiger partial charge in [0.25, 0.3) is 5.91 Å². The van der Waals surface area contributed by atoms with E-state index in [1.165, 1.54) is 21.8 Å². The number of rotatable bonds is 4. The van der Waals surface area contributed by atoms with Crippen molar-refractivity contribution in [3.05, 3.63) is 50.1 Å². The average molecular weight is 394 g/mol. The quantitative estimate of drug-likeness (QED) is 0.792. The number of anilines is 1. The van der Waals surface area contributed by atoms with Gasteiger partial charge in [-0.25, -0.2) is 4.79 Å². The highest BCUT2D eigenvalue weighted by Gasteiger charge is 2.23. The lowest BCUT2D eigenvalue weighted by molar-refractivity contribution is -0.123. The third-order valence-electron chi connectivity index (χ3n) is 3.71. The molecule has 0 bridgehead atoms. The minimum absolute atomic E-state index is 0.343. The number of esters is 1. The fraction of sp³-hybridized carbons (Fsp3) is 0.294. The van der Waals surface area contributed by atoms with Gasteiger partial charge in [0.15, 0.2) is 6.10 Å². The number of amides is 1. The lowest BCUT2D eigenvalue weighted by Crippen LogP contribution is -2.29. The molecular formula is C17H16BrNO3S. The first kappa shape index (κ1) is 16.2. The molecule has 1 aromatic carbocycles. The fourth-order valence-corrected chi connectivity index (χ4v) is 3.88. The maximum absolute atomic E-state index is 12.2. The molecular weight excluding hydrogens is 378 g/mol. The second-order valence-electron chi connectivity index (χ2n) is 5.46. The predicted octanol–water partition coefficient (Wildman–Crippen LogP) is 4.18. The number of fused-ring (bicyclic) bond motifs is 1. The molecule has 0 spiro atoms. The monoisotopic (exact) mass is 393 g/mol. The zero-order valence-electron chi connectivity index (χ0n) is 12.6. The second kappa shape index (κ2) is 6.84. The molecule has 1 amide bonds. The van der Waals surface area contributed by atoms with Gasteiger partial charge in [-0.1, -0.05) is 15.9 Å². The number of ether oxygens (including phenoxy) is 1. The minimum Gasteiger partial charge on any atom is -0.448 e. The summed E-state index contributed by atoms with van der Waals surface area (Å²) in [6, 6.07) is 9.12. The number of hydrogen-bond donors (Lipinski definition) is 1.